The van der Waals surface area contributed by atoms with Crippen LogP contribution in [0.3, 0.4) is 0 Å². The van der Waals surface area contributed by atoms with Crippen molar-refractivity contribution in [3.63, 3.8) is 0 Å². The van der Waals surface area contributed by atoms with E-state index in [4.69, 9.17) is 27.9 Å². The molecule has 0 bridgehead atoms. The second-order valence-electron chi connectivity index (χ2n) is 5.24. The number of carbonyl (C=O) groups is 1. The zero-order chi connectivity index (χ0) is 17.1. The van der Waals surface area contributed by atoms with Crippen LogP contribution in [-0.4, -0.2) is 11.9 Å². The topological polar surface area (TPSA) is 38.7 Å². The van der Waals surface area contributed by atoms with Gasteiger partial charge in [0.15, 0.2) is 5.70 Å². The molecule has 0 saturated heterocycles. The molecule has 0 unspecified atom stereocenters. The molecule has 5 heteroatoms. The molecule has 1 aliphatic heterocycles. The lowest BCUT2D eigenvalue weighted by molar-refractivity contribution is -0.130. The fourth-order valence-corrected chi connectivity index (χ4v) is 2.64. The van der Waals surface area contributed by atoms with Crippen LogP contribution in [0.15, 0.2) is 70.9 Å². The predicted octanol–water partition coefficient (Wildman–Crippen LogP) is 5.28. The van der Waals surface area contributed by atoms with Crippen LogP contribution in [-0.2, 0) is 9.53 Å². The minimum Gasteiger partial charge on any atom is -0.402 e. The molecule has 0 atom stereocenters. The van der Waals surface area contributed by atoms with Gasteiger partial charge in [-0.2, -0.15) is 0 Å². The average molecular weight is 358 g/mol. The molecule has 24 heavy (non-hydrogen) atoms. The molecule has 2 aromatic carbocycles. The van der Waals surface area contributed by atoms with E-state index in [1.165, 1.54) is 0 Å². The van der Waals surface area contributed by atoms with Gasteiger partial charge in [0.1, 0.15) is 0 Å². The Morgan fingerprint density at radius 3 is 2.58 bits per heavy atom. The summed E-state index contributed by atoms with van der Waals surface area (Å²) in [5, 5.41) is 0.689. The number of hydrogen-bond acceptors (Lipinski definition) is 3. The first-order valence-corrected chi connectivity index (χ1v) is 8.00. The van der Waals surface area contributed by atoms with Crippen molar-refractivity contribution in [3.8, 4) is 0 Å². The molecule has 3 nitrogen and oxygen atoms in total. The number of allylic oxidation sites excluding steroid dienone is 2. The highest BCUT2D eigenvalue weighted by atomic mass is 35.5. The SMILES string of the molecule is CC(=Cc1ccccc1)C=C1N=C(c2cccc(Cl)c2Cl)OC1=O. The van der Waals surface area contributed by atoms with Gasteiger partial charge in [0.2, 0.25) is 5.90 Å². The maximum absolute atomic E-state index is 12.0. The number of ether oxygens (including phenoxy) is 1. The van der Waals surface area contributed by atoms with Crippen LogP contribution < -0.4 is 0 Å². The number of nitrogens with zero attached hydrogens (tertiary/aromatic N) is 1. The van der Waals surface area contributed by atoms with E-state index in [1.807, 2.05) is 43.3 Å². The van der Waals surface area contributed by atoms with Gasteiger partial charge in [0, 0.05) is 0 Å². The number of esters is 1. The maximum atomic E-state index is 12.0. The lowest BCUT2D eigenvalue weighted by Gasteiger charge is -2.03. The first-order valence-electron chi connectivity index (χ1n) is 7.25. The first kappa shape index (κ1) is 16.5. The summed E-state index contributed by atoms with van der Waals surface area (Å²) in [4.78, 5) is 16.3. The normalized spacial score (nSPS) is 16.3. The third-order valence-electron chi connectivity index (χ3n) is 3.36. The summed E-state index contributed by atoms with van der Waals surface area (Å²) in [5.41, 5.74) is 2.65. The van der Waals surface area contributed by atoms with Crippen LogP contribution in [0.25, 0.3) is 6.08 Å². The Morgan fingerprint density at radius 2 is 1.83 bits per heavy atom. The van der Waals surface area contributed by atoms with Gasteiger partial charge in [0.25, 0.3) is 0 Å². The highest BCUT2D eigenvalue weighted by Gasteiger charge is 2.26. The van der Waals surface area contributed by atoms with E-state index >= 15 is 0 Å². The summed E-state index contributed by atoms with van der Waals surface area (Å²) >= 11 is 12.1. The Bertz CT molecular complexity index is 883. The van der Waals surface area contributed by atoms with Gasteiger partial charge in [-0.3, -0.25) is 0 Å². The van der Waals surface area contributed by atoms with Gasteiger partial charge >= 0.3 is 5.97 Å². The van der Waals surface area contributed by atoms with E-state index in [1.54, 1.807) is 24.3 Å². The van der Waals surface area contributed by atoms with E-state index in [2.05, 4.69) is 4.99 Å². The van der Waals surface area contributed by atoms with Crippen molar-refractivity contribution >= 4 is 41.1 Å². The van der Waals surface area contributed by atoms with Gasteiger partial charge in [-0.25, -0.2) is 9.79 Å². The summed E-state index contributed by atoms with van der Waals surface area (Å²) in [6.45, 7) is 1.90. The molecule has 2 aromatic rings. The fraction of sp³-hybridized carbons (Fsp3) is 0.0526. The van der Waals surface area contributed by atoms with Gasteiger partial charge in [-0.15, -0.1) is 0 Å². The highest BCUT2D eigenvalue weighted by Crippen LogP contribution is 2.29. The maximum Gasteiger partial charge on any atom is 0.363 e. The summed E-state index contributed by atoms with van der Waals surface area (Å²) in [6.07, 6.45) is 3.64. The van der Waals surface area contributed by atoms with Crippen molar-refractivity contribution in [3.05, 3.63) is 87.0 Å². The third kappa shape index (κ3) is 3.58. The Morgan fingerprint density at radius 1 is 1.08 bits per heavy atom. The second-order valence-corrected chi connectivity index (χ2v) is 6.02. The van der Waals surface area contributed by atoms with Gasteiger partial charge < -0.3 is 4.74 Å². The molecular weight excluding hydrogens is 345 g/mol. The van der Waals surface area contributed by atoms with Crippen molar-refractivity contribution in [2.24, 2.45) is 4.99 Å². The second kappa shape index (κ2) is 7.04. The van der Waals surface area contributed by atoms with Crippen LogP contribution in [0.2, 0.25) is 10.0 Å². The average Bonchev–Trinajstić information content (AvgIpc) is 2.91. The van der Waals surface area contributed by atoms with E-state index < -0.39 is 5.97 Å². The smallest absolute Gasteiger partial charge is 0.363 e. The number of carbonyl (C=O) groups excluding carboxylic acids is 1. The minimum atomic E-state index is -0.512. The lowest BCUT2D eigenvalue weighted by atomic mass is 10.1. The first-order chi connectivity index (χ1) is 11.5. The molecule has 0 spiro atoms. The Kier molecular flexibility index (Phi) is 4.84. The Balaban J connectivity index is 1.92. The van der Waals surface area contributed by atoms with E-state index in [0.29, 0.717) is 15.6 Å². The molecule has 0 aliphatic carbocycles. The van der Waals surface area contributed by atoms with Crippen molar-refractivity contribution in [2.45, 2.75) is 6.92 Å². The van der Waals surface area contributed by atoms with Crippen molar-refractivity contribution < 1.29 is 9.53 Å². The van der Waals surface area contributed by atoms with Crippen LogP contribution >= 0.6 is 23.2 Å². The van der Waals surface area contributed by atoms with Crippen molar-refractivity contribution in [1.82, 2.24) is 0 Å². The summed E-state index contributed by atoms with van der Waals surface area (Å²) < 4.78 is 5.22. The number of hydrogen-bond donors (Lipinski definition) is 0. The Hall–Kier alpha value is -2.36. The monoisotopic (exact) mass is 357 g/mol. The van der Waals surface area contributed by atoms with Crippen LogP contribution in [0.4, 0.5) is 0 Å². The van der Waals surface area contributed by atoms with Crippen molar-refractivity contribution in [2.75, 3.05) is 0 Å². The van der Waals surface area contributed by atoms with Gasteiger partial charge in [-0.1, -0.05) is 65.7 Å². The van der Waals surface area contributed by atoms with E-state index in [-0.39, 0.29) is 11.6 Å². The molecule has 0 saturated carbocycles. The molecule has 0 amide bonds. The van der Waals surface area contributed by atoms with Crippen LogP contribution in [0.5, 0.6) is 0 Å². The predicted molar refractivity (Wildman–Crippen MR) is 97.3 cm³/mol. The molecule has 0 N–H and O–H groups in total. The summed E-state index contributed by atoms with van der Waals surface area (Å²) in [7, 11) is 0. The quantitative estimate of drug-likeness (QED) is 0.553. The Labute approximate surface area is 149 Å². The molecule has 3 rings (SSSR count). The van der Waals surface area contributed by atoms with Crippen LogP contribution in [0.1, 0.15) is 18.1 Å². The molecule has 1 aliphatic rings. The highest BCUT2D eigenvalue weighted by molar-refractivity contribution is 6.44. The summed E-state index contributed by atoms with van der Waals surface area (Å²) in [6, 6.07) is 14.9. The van der Waals surface area contributed by atoms with Gasteiger partial charge in [0.05, 0.1) is 15.6 Å². The number of aliphatic imine (C=N–C) groups is 1. The molecule has 1 heterocycles. The van der Waals surface area contributed by atoms with Gasteiger partial charge in [-0.05, 0) is 36.3 Å². The zero-order valence-electron chi connectivity index (χ0n) is 12.8. The molecule has 0 radical (unpaired) electrons. The van der Waals surface area contributed by atoms with E-state index in [9.17, 15) is 4.79 Å². The third-order valence-corrected chi connectivity index (χ3v) is 4.18. The standard InChI is InChI=1S/C19H13Cl2NO2/c1-12(10-13-6-3-2-4-7-13)11-16-19(23)24-18(22-16)14-8-5-9-15(20)17(14)21/h2-11H,1H3. The van der Waals surface area contributed by atoms with E-state index in [0.717, 1.165) is 11.1 Å². The number of halogens is 2. The fourth-order valence-electron chi connectivity index (χ4n) is 2.26. The number of benzene rings is 2. The molecule has 120 valence electrons. The lowest BCUT2D eigenvalue weighted by Crippen LogP contribution is -2.06. The van der Waals surface area contributed by atoms with Crippen molar-refractivity contribution in [1.29, 1.82) is 0 Å². The zero-order valence-corrected chi connectivity index (χ0v) is 14.3. The molecular formula is C19H13Cl2NO2. The molecule has 0 fully saturated rings. The number of cyclic esters (lactones) is 1. The largest absolute Gasteiger partial charge is 0.402 e. The number of rotatable bonds is 3. The molecule has 0 aromatic heterocycles. The minimum absolute atomic E-state index is 0.159. The summed E-state index contributed by atoms with van der Waals surface area (Å²) in [5.74, 6) is -0.354. The van der Waals surface area contributed by atoms with Crippen LogP contribution in [0, 0.1) is 0 Å².